The Morgan fingerprint density at radius 3 is 2.64 bits per heavy atom. The van der Waals surface area contributed by atoms with E-state index >= 15 is 0 Å². The van der Waals surface area contributed by atoms with E-state index in [0.29, 0.717) is 22.7 Å². The van der Waals surface area contributed by atoms with Gasteiger partial charge in [-0.15, -0.1) is 0 Å². The number of ether oxygens (including phenoxy) is 1. The third-order valence-electron chi connectivity index (χ3n) is 6.24. The highest BCUT2D eigenvalue weighted by Crippen LogP contribution is 2.35. The average molecular weight is 454 g/mol. The van der Waals surface area contributed by atoms with Crippen molar-refractivity contribution in [2.24, 2.45) is 11.5 Å². The van der Waals surface area contributed by atoms with Gasteiger partial charge in [-0.3, -0.25) is 14.6 Å². The lowest BCUT2D eigenvalue weighted by atomic mass is 9.97. The zero-order valence-electron chi connectivity index (χ0n) is 18.4. The topological polar surface area (TPSA) is 123 Å². The minimum absolute atomic E-state index is 0.0410. The number of hydrogen-bond acceptors (Lipinski definition) is 6. The number of rotatable bonds is 7. The number of nitrogens with zero attached hydrogens (tertiary/aromatic N) is 1. The summed E-state index contributed by atoms with van der Waals surface area (Å²) in [6.07, 6.45) is 4.13. The van der Waals surface area contributed by atoms with E-state index in [0.717, 1.165) is 25.7 Å². The van der Waals surface area contributed by atoms with E-state index in [4.69, 9.17) is 16.2 Å². The maximum atomic E-state index is 14.6. The fourth-order valence-corrected chi connectivity index (χ4v) is 4.54. The number of hydrogen-bond donors (Lipinski definition) is 4. The lowest BCUT2D eigenvalue weighted by molar-refractivity contribution is -0.114. The maximum Gasteiger partial charge on any atom is 0.255 e. The van der Waals surface area contributed by atoms with E-state index in [9.17, 15) is 14.0 Å². The molecule has 9 heteroatoms. The van der Waals surface area contributed by atoms with Crippen molar-refractivity contribution >= 4 is 11.8 Å². The molecule has 174 valence electrons. The van der Waals surface area contributed by atoms with Gasteiger partial charge < -0.3 is 21.5 Å². The zero-order chi connectivity index (χ0) is 23.5. The quantitative estimate of drug-likeness (QED) is 0.510. The van der Waals surface area contributed by atoms with Crippen LogP contribution in [-0.4, -0.2) is 30.0 Å². The van der Waals surface area contributed by atoms with Crippen LogP contribution in [0.25, 0.3) is 0 Å². The summed E-state index contributed by atoms with van der Waals surface area (Å²) in [4.78, 5) is 24.8. The first kappa shape index (κ1) is 22.6. The molecule has 1 saturated carbocycles. The number of carbonyl (C=O) groups excluding carboxylic acids is 2. The molecule has 33 heavy (non-hydrogen) atoms. The smallest absolute Gasteiger partial charge is 0.255 e. The summed E-state index contributed by atoms with van der Waals surface area (Å²) < 4.78 is 19.8. The summed E-state index contributed by atoms with van der Waals surface area (Å²) in [5, 5.41) is 4.55. The Bertz CT molecular complexity index is 1100. The molecule has 2 aromatic rings. The first-order valence-corrected chi connectivity index (χ1v) is 10.9. The van der Waals surface area contributed by atoms with Gasteiger partial charge in [-0.05, 0) is 42.7 Å². The third kappa shape index (κ3) is 4.49. The van der Waals surface area contributed by atoms with Crippen molar-refractivity contribution in [2.45, 2.75) is 44.3 Å². The SMILES string of the molecule is COc1ccccc1C(=O)NCc1cc(C2NN(C3CCCC3)C(N)=C2C(N)=O)ccc1F. The number of nitrogens with two attached hydrogens (primary N) is 2. The standard InChI is InChI=1S/C24H28FN5O3/c1-33-19-9-5-4-8-17(19)24(32)28-13-15-12-14(10-11-18(15)25)21-20(23(27)31)22(26)30(29-21)16-6-2-3-7-16/h4-5,8-12,16,21,29H,2-3,6-7,13,26H2,1H3,(H2,27,31)(H,28,32). The van der Waals surface area contributed by atoms with Gasteiger partial charge in [0.25, 0.3) is 5.91 Å². The number of nitrogens with one attached hydrogen (secondary N) is 2. The van der Waals surface area contributed by atoms with E-state index in [2.05, 4.69) is 10.7 Å². The molecule has 1 unspecified atom stereocenters. The first-order valence-electron chi connectivity index (χ1n) is 10.9. The van der Waals surface area contributed by atoms with Gasteiger partial charge in [-0.1, -0.05) is 31.0 Å². The van der Waals surface area contributed by atoms with E-state index in [1.54, 1.807) is 36.4 Å². The number of benzene rings is 2. The molecule has 1 atom stereocenters. The van der Waals surface area contributed by atoms with Crippen molar-refractivity contribution in [3.8, 4) is 5.75 Å². The molecule has 0 spiro atoms. The van der Waals surface area contributed by atoms with Crippen LogP contribution in [0.4, 0.5) is 4.39 Å². The van der Waals surface area contributed by atoms with Crippen LogP contribution < -0.4 is 26.9 Å². The minimum Gasteiger partial charge on any atom is -0.496 e. The molecule has 1 heterocycles. The Labute approximate surface area is 191 Å². The Kier molecular flexibility index (Phi) is 6.50. The molecule has 6 N–H and O–H groups in total. The Morgan fingerprint density at radius 1 is 1.21 bits per heavy atom. The predicted octanol–water partition coefficient (Wildman–Crippen LogP) is 2.22. The molecular weight excluding hydrogens is 425 g/mol. The highest BCUT2D eigenvalue weighted by atomic mass is 19.1. The summed E-state index contributed by atoms with van der Waals surface area (Å²) in [5.74, 6) is -0.735. The summed E-state index contributed by atoms with van der Waals surface area (Å²) in [6, 6.07) is 10.9. The van der Waals surface area contributed by atoms with Gasteiger partial charge >= 0.3 is 0 Å². The van der Waals surface area contributed by atoms with Gasteiger partial charge in [0, 0.05) is 18.2 Å². The van der Waals surface area contributed by atoms with Gasteiger partial charge in [-0.2, -0.15) is 0 Å². The average Bonchev–Trinajstić information content (AvgIpc) is 3.46. The Morgan fingerprint density at radius 2 is 1.94 bits per heavy atom. The highest BCUT2D eigenvalue weighted by Gasteiger charge is 2.38. The van der Waals surface area contributed by atoms with Crippen molar-refractivity contribution in [3.05, 3.63) is 76.4 Å². The van der Waals surface area contributed by atoms with Crippen LogP contribution in [0.1, 0.15) is 53.2 Å². The van der Waals surface area contributed by atoms with E-state index in [-0.39, 0.29) is 29.6 Å². The number of halogens is 1. The summed E-state index contributed by atoms with van der Waals surface area (Å²) in [7, 11) is 1.48. The molecule has 0 radical (unpaired) electrons. The Hall–Kier alpha value is -3.59. The van der Waals surface area contributed by atoms with Crippen molar-refractivity contribution in [2.75, 3.05) is 7.11 Å². The monoisotopic (exact) mass is 453 g/mol. The van der Waals surface area contributed by atoms with Crippen molar-refractivity contribution in [1.82, 2.24) is 15.8 Å². The number of methoxy groups -OCH3 is 1. The van der Waals surface area contributed by atoms with Crippen LogP contribution in [0.3, 0.4) is 0 Å². The minimum atomic E-state index is -0.624. The van der Waals surface area contributed by atoms with Gasteiger partial charge in [0.1, 0.15) is 17.4 Å². The number of amides is 2. The first-order chi connectivity index (χ1) is 15.9. The second-order valence-electron chi connectivity index (χ2n) is 8.27. The second-order valence-corrected chi connectivity index (χ2v) is 8.27. The van der Waals surface area contributed by atoms with Crippen LogP contribution in [0.15, 0.2) is 53.9 Å². The molecule has 0 bridgehead atoms. The third-order valence-corrected chi connectivity index (χ3v) is 6.24. The number of para-hydroxylation sites is 1. The van der Waals surface area contributed by atoms with Gasteiger partial charge in [-0.25, -0.2) is 9.82 Å². The highest BCUT2D eigenvalue weighted by molar-refractivity contribution is 5.97. The van der Waals surface area contributed by atoms with Crippen LogP contribution in [0.5, 0.6) is 5.75 Å². The lowest BCUT2D eigenvalue weighted by Gasteiger charge is -2.28. The molecule has 2 aliphatic rings. The fraction of sp³-hybridized carbons (Fsp3) is 0.333. The molecule has 4 rings (SSSR count). The molecule has 8 nitrogen and oxygen atoms in total. The normalized spacial score (nSPS) is 18.6. The van der Waals surface area contributed by atoms with Gasteiger partial charge in [0.15, 0.2) is 0 Å². The number of carbonyl (C=O) groups is 2. The molecule has 0 saturated heterocycles. The molecule has 1 aliphatic heterocycles. The van der Waals surface area contributed by atoms with E-state index in [1.807, 2.05) is 5.01 Å². The lowest BCUT2D eigenvalue weighted by Crippen LogP contribution is -2.42. The van der Waals surface area contributed by atoms with Crippen molar-refractivity contribution in [3.63, 3.8) is 0 Å². The van der Waals surface area contributed by atoms with Gasteiger partial charge in [0.05, 0.1) is 24.3 Å². The zero-order valence-corrected chi connectivity index (χ0v) is 18.4. The van der Waals surface area contributed by atoms with E-state index in [1.165, 1.54) is 13.2 Å². The van der Waals surface area contributed by atoms with Crippen molar-refractivity contribution in [1.29, 1.82) is 0 Å². The van der Waals surface area contributed by atoms with Crippen LogP contribution in [-0.2, 0) is 11.3 Å². The van der Waals surface area contributed by atoms with Gasteiger partial charge in [0.2, 0.25) is 5.91 Å². The molecular formula is C24H28FN5O3. The van der Waals surface area contributed by atoms with Crippen LogP contribution >= 0.6 is 0 Å². The molecule has 2 amide bonds. The number of primary amides is 1. The maximum absolute atomic E-state index is 14.6. The molecule has 0 aromatic heterocycles. The summed E-state index contributed by atoms with van der Waals surface area (Å²) in [5.41, 5.74) is 16.8. The molecule has 1 aliphatic carbocycles. The van der Waals surface area contributed by atoms with Crippen LogP contribution in [0.2, 0.25) is 0 Å². The molecule has 1 fully saturated rings. The summed E-state index contributed by atoms with van der Waals surface area (Å²) in [6.45, 7) is -0.0410. The largest absolute Gasteiger partial charge is 0.496 e. The second kappa shape index (κ2) is 9.50. The van der Waals surface area contributed by atoms with E-state index < -0.39 is 17.8 Å². The number of hydrazine groups is 1. The molecule has 2 aromatic carbocycles. The fourth-order valence-electron chi connectivity index (χ4n) is 4.54. The Balaban J connectivity index is 1.55. The summed E-state index contributed by atoms with van der Waals surface area (Å²) >= 11 is 0. The van der Waals surface area contributed by atoms with Crippen molar-refractivity contribution < 1.29 is 18.7 Å². The predicted molar refractivity (Wildman–Crippen MR) is 121 cm³/mol. The van der Waals surface area contributed by atoms with Crippen LogP contribution in [0, 0.1) is 5.82 Å².